The Bertz CT molecular complexity index is 523. The van der Waals surface area contributed by atoms with Crippen molar-refractivity contribution in [3.63, 3.8) is 0 Å². The molecule has 0 aliphatic carbocycles. The number of benzene rings is 1. The van der Waals surface area contributed by atoms with E-state index in [4.69, 9.17) is 16.3 Å². The van der Waals surface area contributed by atoms with Crippen LogP contribution in [0, 0.1) is 13.8 Å². The Kier molecular flexibility index (Phi) is 2.53. The van der Waals surface area contributed by atoms with Gasteiger partial charge in [-0.2, -0.15) is 0 Å². The minimum absolute atomic E-state index is 0.722. The highest BCUT2D eigenvalue weighted by Gasteiger charge is 2.08. The summed E-state index contributed by atoms with van der Waals surface area (Å²) < 4.78 is 5.30. The quantitative estimate of drug-likeness (QED) is 0.735. The van der Waals surface area contributed by atoms with Crippen LogP contribution in [0.2, 0.25) is 5.02 Å². The zero-order valence-electron chi connectivity index (χ0n) is 8.97. The normalized spacial score (nSPS) is 10.7. The van der Waals surface area contributed by atoms with Gasteiger partial charge >= 0.3 is 0 Å². The maximum atomic E-state index is 6.17. The van der Waals surface area contributed by atoms with Crippen molar-refractivity contribution < 1.29 is 4.74 Å². The van der Waals surface area contributed by atoms with E-state index in [2.05, 4.69) is 4.98 Å². The maximum Gasteiger partial charge on any atom is 0.145 e. The van der Waals surface area contributed by atoms with E-state index < -0.39 is 0 Å². The number of ether oxygens (including phenoxy) is 1. The molecule has 0 radical (unpaired) electrons. The minimum atomic E-state index is 0.722. The molecule has 0 N–H and O–H groups in total. The molecular weight excluding hydrogens is 210 g/mol. The first-order valence-electron chi connectivity index (χ1n) is 4.73. The second-order valence-electron chi connectivity index (χ2n) is 3.61. The van der Waals surface area contributed by atoms with Crippen LogP contribution in [0.5, 0.6) is 5.75 Å². The van der Waals surface area contributed by atoms with E-state index in [0.29, 0.717) is 0 Å². The fourth-order valence-corrected chi connectivity index (χ4v) is 1.97. The van der Waals surface area contributed by atoms with Gasteiger partial charge in [-0.05, 0) is 37.6 Å². The molecule has 0 saturated carbocycles. The number of fused-ring (bicyclic) bond motifs is 1. The van der Waals surface area contributed by atoms with Gasteiger partial charge in [-0.15, -0.1) is 0 Å². The second-order valence-corrected chi connectivity index (χ2v) is 4.02. The molecule has 0 spiro atoms. The lowest BCUT2D eigenvalue weighted by atomic mass is 10.1. The van der Waals surface area contributed by atoms with Crippen molar-refractivity contribution in [2.24, 2.45) is 0 Å². The number of hydrogen-bond donors (Lipinski definition) is 0. The molecule has 0 aliphatic rings. The highest BCUT2D eigenvalue weighted by atomic mass is 35.5. The van der Waals surface area contributed by atoms with Gasteiger partial charge in [-0.3, -0.25) is 0 Å². The van der Waals surface area contributed by atoms with Crippen molar-refractivity contribution in [2.75, 3.05) is 7.11 Å². The molecule has 1 aromatic heterocycles. The summed E-state index contributed by atoms with van der Waals surface area (Å²) in [5.41, 5.74) is 2.84. The Balaban J connectivity index is 2.89. The van der Waals surface area contributed by atoms with Crippen LogP contribution in [-0.2, 0) is 0 Å². The molecule has 0 fully saturated rings. The van der Waals surface area contributed by atoms with Crippen LogP contribution in [0.15, 0.2) is 18.2 Å². The van der Waals surface area contributed by atoms with E-state index in [1.807, 2.05) is 32.0 Å². The van der Waals surface area contributed by atoms with Crippen molar-refractivity contribution in [1.29, 1.82) is 0 Å². The maximum absolute atomic E-state index is 6.17. The van der Waals surface area contributed by atoms with Crippen molar-refractivity contribution >= 4 is 22.5 Å². The summed E-state index contributed by atoms with van der Waals surface area (Å²) in [5.74, 6) is 0.774. The van der Waals surface area contributed by atoms with Gasteiger partial charge in [-0.1, -0.05) is 11.6 Å². The SMILES string of the molecule is COc1cc(C)cc2c(Cl)cc(C)nc12. The fraction of sp³-hybridized carbons (Fsp3) is 0.250. The predicted octanol–water partition coefficient (Wildman–Crippen LogP) is 3.51. The van der Waals surface area contributed by atoms with Gasteiger partial charge in [0.15, 0.2) is 0 Å². The van der Waals surface area contributed by atoms with Gasteiger partial charge in [0.25, 0.3) is 0 Å². The first kappa shape index (κ1) is 10.2. The zero-order chi connectivity index (χ0) is 11.0. The Labute approximate surface area is 93.8 Å². The summed E-state index contributed by atoms with van der Waals surface area (Å²) in [6.45, 7) is 3.93. The van der Waals surface area contributed by atoms with Gasteiger partial charge < -0.3 is 4.74 Å². The number of halogens is 1. The molecule has 1 heterocycles. The highest BCUT2D eigenvalue weighted by Crippen LogP contribution is 2.30. The molecule has 2 aromatic rings. The summed E-state index contributed by atoms with van der Waals surface area (Å²) in [4.78, 5) is 4.44. The minimum Gasteiger partial charge on any atom is -0.494 e. The third-order valence-corrected chi connectivity index (χ3v) is 2.63. The summed E-state index contributed by atoms with van der Waals surface area (Å²) in [7, 11) is 1.64. The number of pyridine rings is 1. The largest absolute Gasteiger partial charge is 0.494 e. The molecule has 2 nitrogen and oxygen atoms in total. The average Bonchev–Trinajstić information content (AvgIpc) is 2.18. The smallest absolute Gasteiger partial charge is 0.145 e. The lowest BCUT2D eigenvalue weighted by Gasteiger charge is -2.08. The van der Waals surface area contributed by atoms with Gasteiger partial charge in [0.1, 0.15) is 11.3 Å². The average molecular weight is 222 g/mol. The molecular formula is C12H12ClNO. The Morgan fingerprint density at radius 3 is 2.60 bits per heavy atom. The molecule has 78 valence electrons. The molecule has 1 aromatic carbocycles. The topological polar surface area (TPSA) is 22.1 Å². The number of hydrogen-bond acceptors (Lipinski definition) is 2. The summed E-state index contributed by atoms with van der Waals surface area (Å²) >= 11 is 6.17. The fourth-order valence-electron chi connectivity index (χ4n) is 1.67. The van der Waals surface area contributed by atoms with Crippen LogP contribution in [-0.4, -0.2) is 12.1 Å². The monoisotopic (exact) mass is 221 g/mol. The predicted molar refractivity (Wildman–Crippen MR) is 62.8 cm³/mol. The van der Waals surface area contributed by atoms with E-state index in [1.54, 1.807) is 7.11 Å². The number of aryl methyl sites for hydroxylation is 2. The Hall–Kier alpha value is -1.28. The van der Waals surface area contributed by atoms with Gasteiger partial charge in [-0.25, -0.2) is 4.98 Å². The molecule has 0 bridgehead atoms. The standard InChI is InChI=1S/C12H12ClNO/c1-7-4-9-10(13)6-8(2)14-12(9)11(5-7)15-3/h4-6H,1-3H3. The molecule has 0 atom stereocenters. The molecule has 2 rings (SSSR count). The summed E-state index contributed by atoms with van der Waals surface area (Å²) in [5, 5.41) is 1.67. The van der Waals surface area contributed by atoms with E-state index >= 15 is 0 Å². The number of rotatable bonds is 1. The van der Waals surface area contributed by atoms with Gasteiger partial charge in [0.05, 0.1) is 12.1 Å². The van der Waals surface area contributed by atoms with Crippen molar-refractivity contribution in [1.82, 2.24) is 4.98 Å². The van der Waals surface area contributed by atoms with Crippen LogP contribution in [0.3, 0.4) is 0 Å². The van der Waals surface area contributed by atoms with E-state index in [-0.39, 0.29) is 0 Å². The van der Waals surface area contributed by atoms with E-state index in [1.165, 1.54) is 0 Å². The van der Waals surface area contributed by atoms with Crippen LogP contribution in [0.1, 0.15) is 11.3 Å². The molecule has 3 heteroatoms. The summed E-state index contributed by atoms with van der Waals surface area (Å²) in [6.07, 6.45) is 0. The van der Waals surface area contributed by atoms with Crippen molar-refractivity contribution in [3.05, 3.63) is 34.5 Å². The number of aromatic nitrogens is 1. The van der Waals surface area contributed by atoms with E-state index in [9.17, 15) is 0 Å². The Morgan fingerprint density at radius 1 is 1.20 bits per heavy atom. The molecule has 0 aliphatic heterocycles. The first-order valence-corrected chi connectivity index (χ1v) is 5.11. The van der Waals surface area contributed by atoms with Gasteiger partial charge in [0, 0.05) is 11.1 Å². The van der Waals surface area contributed by atoms with Crippen LogP contribution >= 0.6 is 11.6 Å². The van der Waals surface area contributed by atoms with Crippen LogP contribution in [0.25, 0.3) is 10.9 Å². The van der Waals surface area contributed by atoms with Crippen LogP contribution in [0.4, 0.5) is 0 Å². The molecule has 15 heavy (non-hydrogen) atoms. The first-order chi connectivity index (χ1) is 7.11. The zero-order valence-corrected chi connectivity index (χ0v) is 9.72. The Morgan fingerprint density at radius 2 is 1.93 bits per heavy atom. The second kappa shape index (κ2) is 3.70. The molecule has 0 unspecified atom stereocenters. The summed E-state index contributed by atoms with van der Waals surface area (Å²) in [6, 6.07) is 5.85. The lowest BCUT2D eigenvalue weighted by molar-refractivity contribution is 0.418. The van der Waals surface area contributed by atoms with Crippen LogP contribution < -0.4 is 4.74 Å². The van der Waals surface area contributed by atoms with Crippen molar-refractivity contribution in [2.45, 2.75) is 13.8 Å². The molecule has 0 saturated heterocycles. The van der Waals surface area contributed by atoms with E-state index in [0.717, 1.165) is 32.9 Å². The highest BCUT2D eigenvalue weighted by molar-refractivity contribution is 6.35. The number of nitrogens with zero attached hydrogens (tertiary/aromatic N) is 1. The van der Waals surface area contributed by atoms with Crippen molar-refractivity contribution in [3.8, 4) is 5.75 Å². The third kappa shape index (κ3) is 1.77. The number of methoxy groups -OCH3 is 1. The van der Waals surface area contributed by atoms with Gasteiger partial charge in [0.2, 0.25) is 0 Å². The lowest BCUT2D eigenvalue weighted by Crippen LogP contribution is -1.91. The molecule has 0 amide bonds. The third-order valence-electron chi connectivity index (χ3n) is 2.32.